The lowest BCUT2D eigenvalue weighted by Crippen LogP contribution is -2.53. The van der Waals surface area contributed by atoms with Crippen LogP contribution in [0.5, 0.6) is 5.75 Å². The molecule has 29 heavy (non-hydrogen) atoms. The molecule has 156 valence electrons. The molecule has 0 spiro atoms. The summed E-state index contributed by atoms with van der Waals surface area (Å²) in [6.45, 7) is 5.74. The molecule has 2 atom stereocenters. The van der Waals surface area contributed by atoms with Crippen LogP contribution in [0.15, 0.2) is 47.4 Å². The number of rotatable bonds is 9. The predicted octanol–water partition coefficient (Wildman–Crippen LogP) is 2.37. The summed E-state index contributed by atoms with van der Waals surface area (Å²) in [5.74, 6) is -0.0631. The number of aryl methyl sites for hydroxylation is 2. The molecule has 2 aromatic rings. The maximum absolute atomic E-state index is 13.1. The van der Waals surface area contributed by atoms with Crippen LogP contribution >= 0.6 is 11.8 Å². The molecule has 2 aromatic carbocycles. The zero-order valence-corrected chi connectivity index (χ0v) is 17.9. The number of thioether (sulfide) groups is 1. The molecule has 0 aromatic heterocycles. The van der Waals surface area contributed by atoms with E-state index in [4.69, 9.17) is 11.5 Å². The Kier molecular flexibility index (Phi) is 8.10. The fourth-order valence-corrected chi connectivity index (χ4v) is 4.11. The van der Waals surface area contributed by atoms with E-state index in [1.54, 1.807) is 30.8 Å². The molecular formula is C22H29N3O3S. The summed E-state index contributed by atoms with van der Waals surface area (Å²) in [6, 6.07) is 11.6. The summed E-state index contributed by atoms with van der Waals surface area (Å²) >= 11 is 1.60. The fraction of sp³-hybridized carbons (Fsp3) is 0.364. The fourth-order valence-electron chi connectivity index (χ4n) is 3.24. The van der Waals surface area contributed by atoms with Crippen molar-refractivity contribution in [3.05, 3.63) is 59.2 Å². The Morgan fingerprint density at radius 1 is 1.14 bits per heavy atom. The number of phenols is 1. The van der Waals surface area contributed by atoms with Gasteiger partial charge in [-0.05, 0) is 68.1 Å². The van der Waals surface area contributed by atoms with Gasteiger partial charge < -0.3 is 21.5 Å². The van der Waals surface area contributed by atoms with Crippen molar-refractivity contribution in [1.82, 2.24) is 4.90 Å². The number of phenolic OH excluding ortho intramolecular Hbond substituents is 1. The first kappa shape index (κ1) is 22.8. The molecule has 6 nitrogen and oxygen atoms in total. The highest BCUT2D eigenvalue weighted by molar-refractivity contribution is 7.99. The molecule has 0 aliphatic heterocycles. The van der Waals surface area contributed by atoms with E-state index in [1.807, 2.05) is 44.2 Å². The molecule has 7 heteroatoms. The summed E-state index contributed by atoms with van der Waals surface area (Å²) in [5, 5.41) is 9.71. The molecule has 0 aliphatic rings. The summed E-state index contributed by atoms with van der Waals surface area (Å²) in [4.78, 5) is 27.4. The lowest BCUT2D eigenvalue weighted by atomic mass is 9.95. The molecule has 2 amide bonds. The second-order valence-corrected chi connectivity index (χ2v) is 8.31. The van der Waals surface area contributed by atoms with Gasteiger partial charge in [-0.3, -0.25) is 9.59 Å². The molecule has 0 saturated heterocycles. The maximum Gasteiger partial charge on any atom is 0.240 e. The molecule has 0 fully saturated rings. The van der Waals surface area contributed by atoms with Crippen molar-refractivity contribution in [2.24, 2.45) is 11.5 Å². The van der Waals surface area contributed by atoms with Gasteiger partial charge in [0.1, 0.15) is 11.8 Å². The van der Waals surface area contributed by atoms with Crippen LogP contribution in [0, 0.1) is 13.8 Å². The highest BCUT2D eigenvalue weighted by atomic mass is 32.2. The van der Waals surface area contributed by atoms with Crippen molar-refractivity contribution in [1.29, 1.82) is 0 Å². The molecule has 2 rings (SSSR count). The van der Waals surface area contributed by atoms with E-state index in [1.165, 1.54) is 4.90 Å². The zero-order valence-electron chi connectivity index (χ0n) is 17.1. The third-order valence-electron chi connectivity index (χ3n) is 4.93. The largest absolute Gasteiger partial charge is 0.508 e. The van der Waals surface area contributed by atoms with Gasteiger partial charge in [-0.1, -0.05) is 18.2 Å². The second kappa shape index (κ2) is 10.3. The van der Waals surface area contributed by atoms with Gasteiger partial charge in [-0.25, -0.2) is 0 Å². The lowest BCUT2D eigenvalue weighted by Gasteiger charge is -2.30. The quantitative estimate of drug-likeness (QED) is 0.545. The van der Waals surface area contributed by atoms with Gasteiger partial charge in [0.15, 0.2) is 0 Å². The Hall–Kier alpha value is -2.51. The maximum atomic E-state index is 13.1. The van der Waals surface area contributed by atoms with Crippen molar-refractivity contribution >= 4 is 23.6 Å². The molecule has 0 heterocycles. The van der Waals surface area contributed by atoms with E-state index in [-0.39, 0.29) is 11.7 Å². The Labute approximate surface area is 176 Å². The first-order chi connectivity index (χ1) is 13.7. The van der Waals surface area contributed by atoms with Crippen LogP contribution in [0.4, 0.5) is 0 Å². The number of nitrogens with zero attached hydrogens (tertiary/aromatic N) is 1. The minimum Gasteiger partial charge on any atom is -0.508 e. The van der Waals surface area contributed by atoms with Crippen LogP contribution in [0.1, 0.15) is 23.6 Å². The molecule has 0 bridgehead atoms. The lowest BCUT2D eigenvalue weighted by molar-refractivity contribution is -0.139. The van der Waals surface area contributed by atoms with Gasteiger partial charge in [-0.2, -0.15) is 0 Å². The van der Waals surface area contributed by atoms with E-state index in [9.17, 15) is 14.7 Å². The van der Waals surface area contributed by atoms with Gasteiger partial charge in [0.05, 0.1) is 6.04 Å². The van der Waals surface area contributed by atoms with Crippen molar-refractivity contribution in [3.63, 3.8) is 0 Å². The molecular weight excluding hydrogens is 386 g/mol. The number of hydrogen-bond donors (Lipinski definition) is 3. The first-order valence-corrected chi connectivity index (χ1v) is 10.5. The van der Waals surface area contributed by atoms with E-state index in [2.05, 4.69) is 0 Å². The minimum absolute atomic E-state index is 0.186. The number of aromatic hydroxyl groups is 1. The monoisotopic (exact) mass is 415 g/mol. The third kappa shape index (κ3) is 6.24. The van der Waals surface area contributed by atoms with E-state index < -0.39 is 18.0 Å². The Bertz CT molecular complexity index is 835. The van der Waals surface area contributed by atoms with E-state index in [0.29, 0.717) is 18.7 Å². The standard InChI is InChI=1S/C22H29N3O3S/c1-14-11-17(26)12-15(2)19(14)13-20(23)22(28)25(16(3)21(24)27)9-10-29-18-7-5-4-6-8-18/h4-8,11-12,16,20,26H,9-10,13,23H2,1-3H3,(H2,24,27)/t16-,20+/m1/s1. The van der Waals surface area contributed by atoms with Gasteiger partial charge in [0.2, 0.25) is 11.8 Å². The molecule has 5 N–H and O–H groups in total. The molecule has 0 radical (unpaired) electrons. The number of carbonyl (C=O) groups is 2. The second-order valence-electron chi connectivity index (χ2n) is 7.14. The molecule has 0 saturated carbocycles. The number of primary amides is 1. The van der Waals surface area contributed by atoms with Crippen LogP contribution < -0.4 is 11.5 Å². The third-order valence-corrected chi connectivity index (χ3v) is 5.92. The summed E-state index contributed by atoms with van der Waals surface area (Å²) in [6.07, 6.45) is 0.324. The van der Waals surface area contributed by atoms with Gasteiger partial charge in [0, 0.05) is 17.2 Å². The van der Waals surface area contributed by atoms with Crippen LogP contribution in [0.3, 0.4) is 0 Å². The van der Waals surface area contributed by atoms with Crippen LogP contribution in [-0.2, 0) is 16.0 Å². The smallest absolute Gasteiger partial charge is 0.240 e. The van der Waals surface area contributed by atoms with E-state index in [0.717, 1.165) is 21.6 Å². The highest BCUT2D eigenvalue weighted by Gasteiger charge is 2.28. The van der Waals surface area contributed by atoms with Crippen LogP contribution in [0.2, 0.25) is 0 Å². The average Bonchev–Trinajstić information content (AvgIpc) is 2.67. The SMILES string of the molecule is Cc1cc(O)cc(C)c1C[C@H](N)C(=O)N(CCSc1ccccc1)[C@H](C)C(N)=O. The zero-order chi connectivity index (χ0) is 21.6. The van der Waals surface area contributed by atoms with Crippen LogP contribution in [0.25, 0.3) is 0 Å². The van der Waals surface area contributed by atoms with Crippen molar-refractivity contribution in [2.75, 3.05) is 12.3 Å². The summed E-state index contributed by atoms with van der Waals surface area (Å²) < 4.78 is 0. The Morgan fingerprint density at radius 3 is 2.28 bits per heavy atom. The minimum atomic E-state index is -0.805. The van der Waals surface area contributed by atoms with Crippen LogP contribution in [-0.4, -0.2) is 46.2 Å². The Balaban J connectivity index is 2.10. The van der Waals surface area contributed by atoms with Gasteiger partial charge >= 0.3 is 0 Å². The number of hydrogen-bond acceptors (Lipinski definition) is 5. The predicted molar refractivity (Wildman–Crippen MR) is 117 cm³/mol. The average molecular weight is 416 g/mol. The van der Waals surface area contributed by atoms with Gasteiger partial charge in [0.25, 0.3) is 0 Å². The number of nitrogens with two attached hydrogens (primary N) is 2. The van der Waals surface area contributed by atoms with Gasteiger partial charge in [-0.15, -0.1) is 11.8 Å². The number of amides is 2. The van der Waals surface area contributed by atoms with Crippen molar-refractivity contribution in [2.45, 2.75) is 44.2 Å². The number of carbonyl (C=O) groups excluding carboxylic acids is 2. The topological polar surface area (TPSA) is 110 Å². The highest BCUT2D eigenvalue weighted by Crippen LogP contribution is 2.23. The summed E-state index contributed by atoms with van der Waals surface area (Å²) in [7, 11) is 0. The molecule has 0 aliphatic carbocycles. The normalized spacial score (nSPS) is 13.0. The summed E-state index contributed by atoms with van der Waals surface area (Å²) in [5.41, 5.74) is 14.4. The Morgan fingerprint density at radius 2 is 1.72 bits per heavy atom. The van der Waals surface area contributed by atoms with E-state index >= 15 is 0 Å². The van der Waals surface area contributed by atoms with Crippen molar-refractivity contribution < 1.29 is 14.7 Å². The first-order valence-electron chi connectivity index (χ1n) is 9.53. The van der Waals surface area contributed by atoms with Crippen molar-refractivity contribution in [3.8, 4) is 5.75 Å². The molecule has 0 unspecified atom stereocenters. The number of benzene rings is 2.